The number of halogens is 2. The van der Waals surface area contributed by atoms with Crippen molar-refractivity contribution in [3.8, 4) is 11.5 Å². The fourth-order valence-corrected chi connectivity index (χ4v) is 2.38. The number of para-hydroxylation sites is 1. The Morgan fingerprint density at radius 3 is 2.72 bits per heavy atom. The minimum absolute atomic E-state index is 0.582. The van der Waals surface area contributed by atoms with E-state index in [9.17, 15) is 0 Å². The van der Waals surface area contributed by atoms with Crippen LogP contribution in [0.25, 0.3) is 0 Å². The van der Waals surface area contributed by atoms with Gasteiger partial charge in [-0.05, 0) is 40.2 Å². The largest absolute Gasteiger partial charge is 0.443 e. The van der Waals surface area contributed by atoms with E-state index in [-0.39, 0.29) is 0 Å². The lowest BCUT2D eigenvalue weighted by molar-refractivity contribution is -0.0720. The third-order valence-corrected chi connectivity index (χ3v) is 3.57. The van der Waals surface area contributed by atoms with E-state index in [1.54, 1.807) is 18.3 Å². The first kappa shape index (κ1) is 11.8. The molecule has 3 rings (SSSR count). The van der Waals surface area contributed by atoms with Gasteiger partial charge < -0.3 is 9.47 Å². The third kappa shape index (κ3) is 1.85. The van der Waals surface area contributed by atoms with Crippen molar-refractivity contribution in [2.75, 3.05) is 0 Å². The molecule has 1 aromatic carbocycles. The van der Waals surface area contributed by atoms with Crippen LogP contribution >= 0.6 is 27.5 Å². The van der Waals surface area contributed by atoms with Crippen LogP contribution in [0.15, 0.2) is 41.0 Å². The van der Waals surface area contributed by atoms with Gasteiger partial charge in [-0.3, -0.25) is 4.98 Å². The molecule has 0 N–H and O–H groups in total. The molecule has 1 aromatic heterocycles. The van der Waals surface area contributed by atoms with Gasteiger partial charge in [0.05, 0.1) is 9.50 Å². The predicted molar refractivity (Wildman–Crippen MR) is 72.0 cm³/mol. The second-order valence-electron chi connectivity index (χ2n) is 4.08. The number of hydrogen-bond acceptors (Lipinski definition) is 3. The maximum absolute atomic E-state index is 5.88. The van der Waals surface area contributed by atoms with E-state index in [0.717, 1.165) is 4.47 Å². The molecule has 1 atom stereocenters. The summed E-state index contributed by atoms with van der Waals surface area (Å²) in [6.45, 7) is 1.83. The van der Waals surface area contributed by atoms with Gasteiger partial charge in [-0.25, -0.2) is 0 Å². The second-order valence-corrected chi connectivity index (χ2v) is 5.37. The normalized spacial score (nSPS) is 21.1. The van der Waals surface area contributed by atoms with Crippen LogP contribution in [0.2, 0.25) is 5.02 Å². The number of benzene rings is 1. The van der Waals surface area contributed by atoms with Gasteiger partial charge in [-0.15, -0.1) is 0 Å². The van der Waals surface area contributed by atoms with Crippen LogP contribution in [-0.4, -0.2) is 4.98 Å². The van der Waals surface area contributed by atoms with E-state index >= 15 is 0 Å². The van der Waals surface area contributed by atoms with Crippen molar-refractivity contribution in [3.05, 3.63) is 51.7 Å². The fourth-order valence-electron chi connectivity index (χ4n) is 1.84. The van der Waals surface area contributed by atoms with E-state index in [4.69, 9.17) is 21.1 Å². The molecule has 92 valence electrons. The van der Waals surface area contributed by atoms with Gasteiger partial charge in [0.2, 0.25) is 0 Å². The summed E-state index contributed by atoms with van der Waals surface area (Å²) in [6, 6.07) is 9.22. The van der Waals surface area contributed by atoms with Crippen molar-refractivity contribution in [1.82, 2.24) is 4.98 Å². The van der Waals surface area contributed by atoms with Gasteiger partial charge in [-0.1, -0.05) is 17.7 Å². The molecule has 0 fully saturated rings. The van der Waals surface area contributed by atoms with Crippen molar-refractivity contribution >= 4 is 27.5 Å². The van der Waals surface area contributed by atoms with Crippen molar-refractivity contribution in [2.24, 2.45) is 0 Å². The molecule has 0 saturated carbocycles. The van der Waals surface area contributed by atoms with Gasteiger partial charge in [-0.2, -0.15) is 0 Å². The van der Waals surface area contributed by atoms with Gasteiger partial charge >= 0.3 is 0 Å². The zero-order chi connectivity index (χ0) is 12.8. The zero-order valence-corrected chi connectivity index (χ0v) is 11.8. The zero-order valence-electron chi connectivity index (χ0n) is 9.48. The highest BCUT2D eigenvalue weighted by molar-refractivity contribution is 9.10. The monoisotopic (exact) mass is 325 g/mol. The number of pyridine rings is 1. The molecule has 1 aliphatic heterocycles. The molecule has 1 aliphatic rings. The van der Waals surface area contributed by atoms with Gasteiger partial charge in [0, 0.05) is 13.1 Å². The van der Waals surface area contributed by atoms with Crippen LogP contribution in [0, 0.1) is 0 Å². The molecule has 0 radical (unpaired) electrons. The van der Waals surface area contributed by atoms with Crippen molar-refractivity contribution in [3.63, 3.8) is 0 Å². The Balaban J connectivity index is 2.01. The van der Waals surface area contributed by atoms with Crippen LogP contribution in [0.4, 0.5) is 0 Å². The predicted octanol–water partition coefficient (Wildman–Crippen LogP) is 4.14. The lowest BCUT2D eigenvalue weighted by atomic mass is 10.2. The molecule has 2 aromatic rings. The highest BCUT2D eigenvalue weighted by Gasteiger charge is 2.40. The number of ether oxygens (including phenoxy) is 2. The molecule has 0 spiro atoms. The molecule has 2 heterocycles. The number of aromatic nitrogens is 1. The molecule has 0 bridgehead atoms. The summed E-state index contributed by atoms with van der Waals surface area (Å²) in [4.78, 5) is 4.25. The average Bonchev–Trinajstić information content (AvgIpc) is 2.69. The number of rotatable bonds is 1. The lowest BCUT2D eigenvalue weighted by Gasteiger charge is -2.22. The number of nitrogens with zero attached hydrogens (tertiary/aromatic N) is 1. The van der Waals surface area contributed by atoms with E-state index in [0.29, 0.717) is 22.2 Å². The third-order valence-electron chi connectivity index (χ3n) is 2.73. The maximum Gasteiger partial charge on any atom is 0.292 e. The number of fused-ring (bicyclic) bond motifs is 1. The van der Waals surface area contributed by atoms with Crippen LogP contribution in [-0.2, 0) is 5.79 Å². The summed E-state index contributed by atoms with van der Waals surface area (Å²) < 4.78 is 12.6. The Bertz CT molecular complexity index is 602. The Morgan fingerprint density at radius 2 is 2.06 bits per heavy atom. The number of hydrogen-bond donors (Lipinski definition) is 0. The van der Waals surface area contributed by atoms with Crippen LogP contribution in [0.5, 0.6) is 11.5 Å². The summed E-state index contributed by atoms with van der Waals surface area (Å²) in [5.74, 6) is 0.469. The first-order chi connectivity index (χ1) is 8.58. The lowest BCUT2D eigenvalue weighted by Crippen LogP contribution is -2.32. The van der Waals surface area contributed by atoms with Crippen molar-refractivity contribution < 1.29 is 9.47 Å². The first-order valence-electron chi connectivity index (χ1n) is 5.37. The van der Waals surface area contributed by atoms with Crippen molar-refractivity contribution in [2.45, 2.75) is 12.7 Å². The average molecular weight is 327 g/mol. The van der Waals surface area contributed by atoms with Crippen LogP contribution in [0.1, 0.15) is 12.6 Å². The molecular weight excluding hydrogens is 318 g/mol. The molecule has 0 saturated heterocycles. The topological polar surface area (TPSA) is 31.4 Å². The Kier molecular flexibility index (Phi) is 2.72. The molecular formula is C13H9BrClNO2. The first-order valence-corrected chi connectivity index (χ1v) is 6.54. The van der Waals surface area contributed by atoms with Crippen LogP contribution in [0.3, 0.4) is 0 Å². The quantitative estimate of drug-likeness (QED) is 0.789. The van der Waals surface area contributed by atoms with E-state index < -0.39 is 5.79 Å². The van der Waals surface area contributed by atoms with E-state index in [2.05, 4.69) is 20.9 Å². The smallest absolute Gasteiger partial charge is 0.292 e. The van der Waals surface area contributed by atoms with Gasteiger partial charge in [0.15, 0.2) is 11.5 Å². The Hall–Kier alpha value is -1.26. The fraction of sp³-hybridized carbons (Fsp3) is 0.154. The Morgan fingerprint density at radius 1 is 1.22 bits per heavy atom. The van der Waals surface area contributed by atoms with Gasteiger partial charge in [0.25, 0.3) is 5.79 Å². The van der Waals surface area contributed by atoms with Gasteiger partial charge in [0.1, 0.15) is 5.69 Å². The van der Waals surface area contributed by atoms with Crippen LogP contribution < -0.4 is 9.47 Å². The molecule has 5 heteroatoms. The summed E-state index contributed by atoms with van der Waals surface area (Å²) in [5, 5.41) is 0.582. The van der Waals surface area contributed by atoms with Crippen molar-refractivity contribution in [1.29, 1.82) is 0 Å². The molecule has 0 unspecified atom stereocenters. The maximum atomic E-state index is 5.88. The minimum Gasteiger partial charge on any atom is -0.443 e. The van der Waals surface area contributed by atoms with E-state index in [1.165, 1.54) is 0 Å². The summed E-state index contributed by atoms with van der Waals surface area (Å²) in [5.41, 5.74) is 0.676. The standard InChI is InChI=1S/C13H9BrClNO2/c1-13(11-6-5-8(15)7-16-11)17-10-4-2-3-9(14)12(10)18-13/h2-7H,1H3/t13-/m0/s1. The molecule has 3 nitrogen and oxygen atoms in total. The SMILES string of the molecule is C[C@]1(c2ccc(Cl)cn2)Oc2cccc(Br)c2O1. The molecule has 0 aliphatic carbocycles. The summed E-state index contributed by atoms with van der Waals surface area (Å²) in [6.07, 6.45) is 1.58. The summed E-state index contributed by atoms with van der Waals surface area (Å²) >= 11 is 9.26. The Labute approximate surface area is 118 Å². The highest BCUT2D eigenvalue weighted by Crippen LogP contribution is 2.47. The van der Waals surface area contributed by atoms with E-state index in [1.807, 2.05) is 25.1 Å². The molecule has 18 heavy (non-hydrogen) atoms. The summed E-state index contributed by atoms with van der Waals surface area (Å²) in [7, 11) is 0. The highest BCUT2D eigenvalue weighted by atomic mass is 79.9. The minimum atomic E-state index is -0.920. The second kappa shape index (κ2) is 4.14. The molecule has 0 amide bonds.